The molecular formula is C22H17BrN2OS2. The molecule has 0 N–H and O–H groups in total. The Hall–Kier alpha value is -2.15. The molecule has 2 aromatic carbocycles. The summed E-state index contributed by atoms with van der Waals surface area (Å²) in [5.74, 6) is -0.0744. The van der Waals surface area contributed by atoms with Crippen LogP contribution in [0.25, 0.3) is 11.8 Å². The molecule has 0 atom stereocenters. The highest BCUT2D eigenvalue weighted by atomic mass is 79.9. The number of rotatable bonds is 3. The molecular weight excluding hydrogens is 452 g/mol. The largest absolute Gasteiger partial charge is 0.318 e. The molecule has 140 valence electrons. The summed E-state index contributed by atoms with van der Waals surface area (Å²) in [7, 11) is 0. The van der Waals surface area contributed by atoms with Gasteiger partial charge >= 0.3 is 0 Å². The summed E-state index contributed by atoms with van der Waals surface area (Å²) in [6.45, 7) is 4.14. The first kappa shape index (κ1) is 19.2. The Labute approximate surface area is 182 Å². The van der Waals surface area contributed by atoms with Gasteiger partial charge < -0.3 is 4.57 Å². The van der Waals surface area contributed by atoms with Gasteiger partial charge in [-0.05, 0) is 68.0 Å². The van der Waals surface area contributed by atoms with Crippen LogP contribution in [-0.4, -0.2) is 14.8 Å². The molecule has 1 aromatic heterocycles. The highest BCUT2D eigenvalue weighted by Crippen LogP contribution is 2.36. The van der Waals surface area contributed by atoms with Gasteiger partial charge in [-0.25, -0.2) is 0 Å². The number of aryl methyl sites for hydroxylation is 1. The van der Waals surface area contributed by atoms with Crippen LogP contribution < -0.4 is 4.90 Å². The fourth-order valence-corrected chi connectivity index (χ4v) is 4.88. The Balaban J connectivity index is 1.70. The Morgan fingerprint density at radius 2 is 1.68 bits per heavy atom. The summed E-state index contributed by atoms with van der Waals surface area (Å²) < 4.78 is 3.80. The zero-order valence-electron chi connectivity index (χ0n) is 15.3. The van der Waals surface area contributed by atoms with Crippen LogP contribution in [0.15, 0.2) is 70.0 Å². The van der Waals surface area contributed by atoms with Gasteiger partial charge in [0, 0.05) is 21.5 Å². The fraction of sp³-hybridized carbons (Fsp3) is 0.0909. The van der Waals surface area contributed by atoms with Gasteiger partial charge in [-0.15, -0.1) is 0 Å². The second kappa shape index (κ2) is 7.70. The quantitative estimate of drug-likeness (QED) is 0.334. The molecule has 1 aliphatic rings. The van der Waals surface area contributed by atoms with E-state index in [1.165, 1.54) is 11.8 Å². The summed E-state index contributed by atoms with van der Waals surface area (Å²) >= 11 is 10.3. The Bertz CT molecular complexity index is 1100. The topological polar surface area (TPSA) is 25.2 Å². The maximum absolute atomic E-state index is 13.0. The van der Waals surface area contributed by atoms with Crippen molar-refractivity contribution in [3.05, 3.63) is 87.0 Å². The molecule has 6 heteroatoms. The molecule has 3 nitrogen and oxygen atoms in total. The summed E-state index contributed by atoms with van der Waals surface area (Å²) in [5, 5.41) is 0. The molecule has 4 rings (SSSR count). The summed E-state index contributed by atoms with van der Waals surface area (Å²) in [4.78, 5) is 15.2. The molecule has 1 saturated heterocycles. The van der Waals surface area contributed by atoms with E-state index in [1.54, 1.807) is 4.90 Å². The second-order valence-electron chi connectivity index (χ2n) is 6.49. The van der Waals surface area contributed by atoms with Crippen LogP contribution in [0.1, 0.15) is 17.0 Å². The van der Waals surface area contributed by atoms with Crippen molar-refractivity contribution in [2.75, 3.05) is 4.90 Å². The smallest absolute Gasteiger partial charge is 0.270 e. The average molecular weight is 469 g/mol. The minimum Gasteiger partial charge on any atom is -0.318 e. The lowest BCUT2D eigenvalue weighted by Crippen LogP contribution is -2.27. The van der Waals surface area contributed by atoms with Crippen molar-refractivity contribution >= 4 is 61.9 Å². The van der Waals surface area contributed by atoms with Gasteiger partial charge in [-0.1, -0.05) is 58.1 Å². The van der Waals surface area contributed by atoms with E-state index in [1.807, 2.05) is 48.5 Å². The van der Waals surface area contributed by atoms with E-state index >= 15 is 0 Å². The number of anilines is 1. The second-order valence-corrected chi connectivity index (χ2v) is 9.08. The number of halogens is 1. The van der Waals surface area contributed by atoms with E-state index < -0.39 is 0 Å². The standard InChI is InChI=1S/C22H17BrN2OS2/c1-14-12-16(15(2)24(14)19-10-8-17(23)9-11-19)13-20-21(26)25(22(27)28-20)18-6-4-3-5-7-18/h3-13H,1-2H3/b20-13+. The van der Waals surface area contributed by atoms with Gasteiger partial charge in [-0.2, -0.15) is 0 Å². The number of benzene rings is 2. The molecule has 1 fully saturated rings. The van der Waals surface area contributed by atoms with Crippen LogP contribution >= 0.6 is 39.9 Å². The first-order chi connectivity index (χ1) is 13.5. The van der Waals surface area contributed by atoms with Crippen molar-refractivity contribution in [2.24, 2.45) is 0 Å². The number of hydrogen-bond donors (Lipinski definition) is 0. The van der Waals surface area contributed by atoms with E-state index in [0.717, 1.165) is 32.8 Å². The molecule has 0 saturated carbocycles. The average Bonchev–Trinajstić information content (AvgIpc) is 3.12. The highest BCUT2D eigenvalue weighted by Gasteiger charge is 2.33. The van der Waals surface area contributed by atoms with Crippen molar-refractivity contribution in [3.8, 4) is 5.69 Å². The van der Waals surface area contributed by atoms with Gasteiger partial charge in [0.1, 0.15) is 0 Å². The SMILES string of the molecule is Cc1cc(/C=C2/SC(=S)N(c3ccccc3)C2=O)c(C)n1-c1ccc(Br)cc1. The molecule has 0 bridgehead atoms. The first-order valence-corrected chi connectivity index (χ1v) is 10.8. The van der Waals surface area contributed by atoms with E-state index in [9.17, 15) is 4.79 Å². The molecule has 0 spiro atoms. The zero-order valence-corrected chi connectivity index (χ0v) is 18.6. The maximum atomic E-state index is 13.0. The number of thioether (sulfide) groups is 1. The van der Waals surface area contributed by atoms with Crippen molar-refractivity contribution in [3.63, 3.8) is 0 Å². The van der Waals surface area contributed by atoms with E-state index in [2.05, 4.69) is 52.5 Å². The van der Waals surface area contributed by atoms with Crippen molar-refractivity contribution in [1.82, 2.24) is 4.57 Å². The summed E-state index contributed by atoms with van der Waals surface area (Å²) in [6, 6.07) is 19.8. The monoisotopic (exact) mass is 468 g/mol. The number of carbonyl (C=O) groups excluding carboxylic acids is 1. The first-order valence-electron chi connectivity index (χ1n) is 8.73. The number of aromatic nitrogens is 1. The van der Waals surface area contributed by atoms with E-state index in [-0.39, 0.29) is 5.91 Å². The summed E-state index contributed by atoms with van der Waals surface area (Å²) in [6.07, 6.45) is 1.94. The Morgan fingerprint density at radius 3 is 2.36 bits per heavy atom. The van der Waals surface area contributed by atoms with Crippen LogP contribution in [0.5, 0.6) is 0 Å². The number of carbonyl (C=O) groups is 1. The maximum Gasteiger partial charge on any atom is 0.270 e. The van der Waals surface area contributed by atoms with Gasteiger partial charge in [-0.3, -0.25) is 9.69 Å². The van der Waals surface area contributed by atoms with Crippen molar-refractivity contribution in [1.29, 1.82) is 0 Å². The van der Waals surface area contributed by atoms with E-state index in [4.69, 9.17) is 12.2 Å². The third-order valence-corrected chi connectivity index (χ3v) is 6.48. The third-order valence-electron chi connectivity index (χ3n) is 4.65. The molecule has 0 radical (unpaired) electrons. The minimum atomic E-state index is -0.0744. The Kier molecular flexibility index (Phi) is 5.27. The lowest BCUT2D eigenvalue weighted by Gasteiger charge is -2.13. The van der Waals surface area contributed by atoms with Crippen LogP contribution in [-0.2, 0) is 4.79 Å². The molecule has 0 unspecified atom stereocenters. The van der Waals surface area contributed by atoms with Crippen LogP contribution in [0, 0.1) is 13.8 Å². The van der Waals surface area contributed by atoms with Crippen LogP contribution in [0.2, 0.25) is 0 Å². The predicted octanol–water partition coefficient (Wildman–Crippen LogP) is 6.26. The molecule has 28 heavy (non-hydrogen) atoms. The number of hydrogen-bond acceptors (Lipinski definition) is 3. The molecule has 1 amide bonds. The van der Waals surface area contributed by atoms with Gasteiger partial charge in [0.15, 0.2) is 4.32 Å². The Morgan fingerprint density at radius 1 is 1.00 bits per heavy atom. The lowest BCUT2D eigenvalue weighted by atomic mass is 10.2. The summed E-state index contributed by atoms with van der Waals surface area (Å²) in [5.41, 5.74) is 5.12. The van der Waals surface area contributed by atoms with Gasteiger partial charge in [0.05, 0.1) is 10.6 Å². The predicted molar refractivity (Wildman–Crippen MR) is 125 cm³/mol. The third kappa shape index (κ3) is 3.48. The molecule has 3 aromatic rings. The number of para-hydroxylation sites is 1. The molecule has 2 heterocycles. The zero-order chi connectivity index (χ0) is 19.8. The molecule has 1 aliphatic heterocycles. The van der Waals surface area contributed by atoms with Gasteiger partial charge in [0.25, 0.3) is 5.91 Å². The molecule has 0 aliphatic carbocycles. The number of thiocarbonyl (C=S) groups is 1. The number of nitrogens with zero attached hydrogens (tertiary/aromatic N) is 2. The van der Waals surface area contributed by atoms with Crippen molar-refractivity contribution in [2.45, 2.75) is 13.8 Å². The highest BCUT2D eigenvalue weighted by molar-refractivity contribution is 9.10. The van der Waals surface area contributed by atoms with Crippen LogP contribution in [0.4, 0.5) is 5.69 Å². The fourth-order valence-electron chi connectivity index (χ4n) is 3.33. The normalized spacial score (nSPS) is 15.7. The number of amides is 1. The van der Waals surface area contributed by atoms with E-state index in [0.29, 0.717) is 9.23 Å². The van der Waals surface area contributed by atoms with Crippen LogP contribution in [0.3, 0.4) is 0 Å². The van der Waals surface area contributed by atoms with Gasteiger partial charge in [0.2, 0.25) is 0 Å². The minimum absolute atomic E-state index is 0.0744. The lowest BCUT2D eigenvalue weighted by molar-refractivity contribution is -0.113. The van der Waals surface area contributed by atoms with Crippen molar-refractivity contribution < 1.29 is 4.79 Å².